The van der Waals surface area contributed by atoms with E-state index >= 15 is 0 Å². The highest BCUT2D eigenvalue weighted by atomic mass is 35.5. The van der Waals surface area contributed by atoms with E-state index in [1.165, 1.54) is 12.1 Å². The molecule has 0 heterocycles. The SMILES string of the molecule is Cc1cc([N+](=O)[O-])c(Cl)cc1NCCNC(=O)C1CC1. The van der Waals surface area contributed by atoms with Crippen LogP contribution in [-0.4, -0.2) is 23.9 Å². The van der Waals surface area contributed by atoms with Gasteiger partial charge < -0.3 is 10.6 Å². The Morgan fingerprint density at radius 1 is 1.45 bits per heavy atom. The second-order valence-electron chi connectivity index (χ2n) is 4.87. The monoisotopic (exact) mass is 297 g/mol. The lowest BCUT2D eigenvalue weighted by Crippen LogP contribution is -2.29. The van der Waals surface area contributed by atoms with Crippen LogP contribution in [0.25, 0.3) is 0 Å². The Labute approximate surface area is 121 Å². The predicted octanol–water partition coefficient (Wildman–Crippen LogP) is 2.49. The lowest BCUT2D eigenvalue weighted by atomic mass is 10.2. The number of rotatable bonds is 6. The summed E-state index contributed by atoms with van der Waals surface area (Å²) in [5.41, 5.74) is 1.38. The number of benzene rings is 1. The number of aryl methyl sites for hydroxylation is 1. The van der Waals surface area contributed by atoms with Crippen molar-refractivity contribution >= 4 is 28.9 Å². The number of amides is 1. The third-order valence-electron chi connectivity index (χ3n) is 3.18. The van der Waals surface area contributed by atoms with E-state index in [0.29, 0.717) is 13.1 Å². The molecule has 0 saturated heterocycles. The van der Waals surface area contributed by atoms with Crippen molar-refractivity contribution in [2.45, 2.75) is 19.8 Å². The minimum atomic E-state index is -0.505. The molecule has 1 aliphatic carbocycles. The first-order valence-electron chi connectivity index (χ1n) is 6.45. The highest BCUT2D eigenvalue weighted by molar-refractivity contribution is 6.33. The fourth-order valence-electron chi connectivity index (χ4n) is 1.87. The first kappa shape index (κ1) is 14.6. The van der Waals surface area contributed by atoms with Gasteiger partial charge in [-0.05, 0) is 31.4 Å². The van der Waals surface area contributed by atoms with E-state index in [-0.39, 0.29) is 22.5 Å². The van der Waals surface area contributed by atoms with Gasteiger partial charge in [0.1, 0.15) is 5.02 Å². The van der Waals surface area contributed by atoms with Crippen LogP contribution >= 0.6 is 11.6 Å². The van der Waals surface area contributed by atoms with Gasteiger partial charge in [-0.2, -0.15) is 0 Å². The zero-order chi connectivity index (χ0) is 14.7. The molecule has 108 valence electrons. The normalized spacial score (nSPS) is 13.9. The number of carbonyl (C=O) groups excluding carboxylic acids is 1. The van der Waals surface area contributed by atoms with Crippen LogP contribution < -0.4 is 10.6 Å². The molecule has 1 aromatic carbocycles. The number of nitro groups is 1. The summed E-state index contributed by atoms with van der Waals surface area (Å²) in [4.78, 5) is 21.7. The molecule has 7 heteroatoms. The van der Waals surface area contributed by atoms with Crippen LogP contribution in [0.2, 0.25) is 5.02 Å². The molecular weight excluding hydrogens is 282 g/mol. The Morgan fingerprint density at radius 2 is 2.15 bits per heavy atom. The lowest BCUT2D eigenvalue weighted by molar-refractivity contribution is -0.384. The minimum Gasteiger partial charge on any atom is -0.383 e. The average Bonchev–Trinajstić information content (AvgIpc) is 3.21. The van der Waals surface area contributed by atoms with E-state index in [4.69, 9.17) is 11.6 Å². The van der Waals surface area contributed by atoms with Crippen LogP contribution in [0.3, 0.4) is 0 Å². The Kier molecular flexibility index (Phi) is 4.44. The van der Waals surface area contributed by atoms with E-state index in [2.05, 4.69) is 10.6 Å². The first-order valence-corrected chi connectivity index (χ1v) is 6.83. The van der Waals surface area contributed by atoms with Gasteiger partial charge in [-0.15, -0.1) is 0 Å². The predicted molar refractivity (Wildman–Crippen MR) is 77.1 cm³/mol. The summed E-state index contributed by atoms with van der Waals surface area (Å²) in [6.45, 7) is 2.84. The van der Waals surface area contributed by atoms with Crippen LogP contribution in [-0.2, 0) is 4.79 Å². The number of nitrogens with one attached hydrogen (secondary N) is 2. The maximum absolute atomic E-state index is 11.4. The van der Waals surface area contributed by atoms with Gasteiger partial charge in [0.25, 0.3) is 5.69 Å². The quantitative estimate of drug-likeness (QED) is 0.480. The van der Waals surface area contributed by atoms with Crippen molar-refractivity contribution in [2.24, 2.45) is 5.92 Å². The van der Waals surface area contributed by atoms with E-state index in [1.807, 2.05) is 0 Å². The molecule has 20 heavy (non-hydrogen) atoms. The van der Waals surface area contributed by atoms with E-state index in [9.17, 15) is 14.9 Å². The van der Waals surface area contributed by atoms with Crippen molar-refractivity contribution in [3.8, 4) is 0 Å². The number of carbonyl (C=O) groups is 1. The highest BCUT2D eigenvalue weighted by Gasteiger charge is 2.28. The van der Waals surface area contributed by atoms with Gasteiger partial charge in [0.15, 0.2) is 0 Å². The lowest BCUT2D eigenvalue weighted by Gasteiger charge is -2.11. The minimum absolute atomic E-state index is 0.100. The Balaban J connectivity index is 1.87. The zero-order valence-electron chi connectivity index (χ0n) is 11.1. The van der Waals surface area contributed by atoms with E-state index < -0.39 is 4.92 Å². The Bertz CT molecular complexity index is 544. The fraction of sp³-hybridized carbons (Fsp3) is 0.462. The Morgan fingerprint density at radius 3 is 2.75 bits per heavy atom. The van der Waals surface area contributed by atoms with Gasteiger partial charge in [0.05, 0.1) is 4.92 Å². The van der Waals surface area contributed by atoms with Gasteiger partial charge >= 0.3 is 0 Å². The number of hydrogen-bond donors (Lipinski definition) is 2. The summed E-state index contributed by atoms with van der Waals surface area (Å²) in [5.74, 6) is 0.302. The molecule has 6 nitrogen and oxygen atoms in total. The second-order valence-corrected chi connectivity index (χ2v) is 5.27. The average molecular weight is 298 g/mol. The van der Waals surface area contributed by atoms with Crippen molar-refractivity contribution in [3.63, 3.8) is 0 Å². The number of nitro benzene ring substituents is 1. The van der Waals surface area contributed by atoms with Crippen LogP contribution in [0.15, 0.2) is 12.1 Å². The maximum Gasteiger partial charge on any atom is 0.288 e. The summed E-state index contributed by atoms with van der Waals surface area (Å²) < 4.78 is 0. The smallest absolute Gasteiger partial charge is 0.288 e. The summed E-state index contributed by atoms with van der Waals surface area (Å²) in [6.07, 6.45) is 1.96. The van der Waals surface area contributed by atoms with E-state index in [1.54, 1.807) is 6.92 Å². The molecule has 0 unspecified atom stereocenters. The molecule has 1 aliphatic rings. The molecule has 1 fully saturated rings. The second kappa shape index (κ2) is 6.09. The van der Waals surface area contributed by atoms with Gasteiger partial charge in [-0.3, -0.25) is 14.9 Å². The van der Waals surface area contributed by atoms with Crippen molar-refractivity contribution in [2.75, 3.05) is 18.4 Å². The zero-order valence-corrected chi connectivity index (χ0v) is 11.9. The van der Waals surface area contributed by atoms with Gasteiger partial charge in [-0.25, -0.2) is 0 Å². The molecule has 2 rings (SSSR count). The Hall–Kier alpha value is -1.82. The molecule has 0 radical (unpaired) electrons. The van der Waals surface area contributed by atoms with Gasteiger partial charge in [-0.1, -0.05) is 11.6 Å². The first-order chi connectivity index (χ1) is 9.49. The van der Waals surface area contributed by atoms with Crippen molar-refractivity contribution in [3.05, 3.63) is 32.8 Å². The molecule has 1 aromatic rings. The molecule has 0 spiro atoms. The third-order valence-corrected chi connectivity index (χ3v) is 3.48. The molecule has 0 bridgehead atoms. The van der Waals surface area contributed by atoms with Crippen LogP contribution in [0.4, 0.5) is 11.4 Å². The molecule has 1 amide bonds. The number of hydrogen-bond acceptors (Lipinski definition) is 4. The third kappa shape index (κ3) is 3.60. The number of anilines is 1. The number of nitrogens with zero attached hydrogens (tertiary/aromatic N) is 1. The number of halogens is 1. The summed E-state index contributed by atoms with van der Waals surface area (Å²) in [6, 6.07) is 2.98. The molecule has 2 N–H and O–H groups in total. The van der Waals surface area contributed by atoms with Crippen molar-refractivity contribution in [1.82, 2.24) is 5.32 Å². The molecule has 0 atom stereocenters. The molecule has 0 aromatic heterocycles. The summed E-state index contributed by atoms with van der Waals surface area (Å²) in [7, 11) is 0. The maximum atomic E-state index is 11.4. The highest BCUT2D eigenvalue weighted by Crippen LogP contribution is 2.30. The van der Waals surface area contributed by atoms with Gasteiger partial charge in [0.2, 0.25) is 5.91 Å². The van der Waals surface area contributed by atoms with Crippen LogP contribution in [0, 0.1) is 23.0 Å². The fourth-order valence-corrected chi connectivity index (χ4v) is 2.10. The van der Waals surface area contributed by atoms with Crippen LogP contribution in [0.5, 0.6) is 0 Å². The summed E-state index contributed by atoms with van der Waals surface area (Å²) in [5, 5.41) is 16.8. The van der Waals surface area contributed by atoms with Crippen molar-refractivity contribution in [1.29, 1.82) is 0 Å². The summed E-state index contributed by atoms with van der Waals surface area (Å²) >= 11 is 5.86. The molecule has 0 aliphatic heterocycles. The molecule has 1 saturated carbocycles. The van der Waals surface area contributed by atoms with Crippen LogP contribution in [0.1, 0.15) is 18.4 Å². The largest absolute Gasteiger partial charge is 0.383 e. The van der Waals surface area contributed by atoms with E-state index in [0.717, 1.165) is 24.1 Å². The van der Waals surface area contributed by atoms with Crippen molar-refractivity contribution < 1.29 is 9.72 Å². The topological polar surface area (TPSA) is 84.3 Å². The molecular formula is C13H16ClN3O3. The standard InChI is InChI=1S/C13H16ClN3O3/c1-8-6-12(17(19)20)10(14)7-11(8)15-4-5-16-13(18)9-2-3-9/h6-7,9,15H,2-5H2,1H3,(H,16,18). The van der Waals surface area contributed by atoms with Gasteiger partial charge in [0, 0.05) is 30.8 Å².